The maximum atomic E-state index is 12.9. The predicted molar refractivity (Wildman–Crippen MR) is 42.4 cm³/mol. The SMILES string of the molecule is CC(=O)Oc1c(C)cccc1F. The Labute approximate surface area is 70.0 Å². The monoisotopic (exact) mass is 168 g/mol. The van der Waals surface area contributed by atoms with Crippen LogP contribution in [0.25, 0.3) is 0 Å². The molecule has 2 nitrogen and oxygen atoms in total. The molecule has 12 heavy (non-hydrogen) atoms. The summed E-state index contributed by atoms with van der Waals surface area (Å²) in [6, 6.07) is 4.50. The molecule has 0 aliphatic rings. The van der Waals surface area contributed by atoms with E-state index < -0.39 is 11.8 Å². The number of carbonyl (C=O) groups is 1. The predicted octanol–water partition coefficient (Wildman–Crippen LogP) is 2.06. The van der Waals surface area contributed by atoms with Gasteiger partial charge in [-0.05, 0) is 18.6 Å². The Morgan fingerprint density at radius 1 is 1.50 bits per heavy atom. The third-order valence-corrected chi connectivity index (χ3v) is 1.41. The summed E-state index contributed by atoms with van der Waals surface area (Å²) >= 11 is 0. The molecule has 0 bridgehead atoms. The lowest BCUT2D eigenvalue weighted by Gasteiger charge is -2.04. The summed E-state index contributed by atoms with van der Waals surface area (Å²) in [5, 5.41) is 0. The average molecular weight is 168 g/mol. The molecule has 0 saturated heterocycles. The summed E-state index contributed by atoms with van der Waals surface area (Å²) < 4.78 is 17.6. The van der Waals surface area contributed by atoms with Gasteiger partial charge in [-0.2, -0.15) is 0 Å². The number of aryl methyl sites for hydroxylation is 1. The molecule has 0 radical (unpaired) electrons. The molecular formula is C9H9FO2. The van der Waals surface area contributed by atoms with Crippen molar-refractivity contribution >= 4 is 5.97 Å². The van der Waals surface area contributed by atoms with Crippen LogP contribution in [-0.2, 0) is 4.79 Å². The summed E-state index contributed by atoms with van der Waals surface area (Å²) in [5.41, 5.74) is 0.616. The van der Waals surface area contributed by atoms with Crippen LogP contribution >= 0.6 is 0 Å². The maximum absolute atomic E-state index is 12.9. The minimum absolute atomic E-state index is 0.0185. The van der Waals surface area contributed by atoms with Crippen LogP contribution in [0.1, 0.15) is 12.5 Å². The van der Waals surface area contributed by atoms with Crippen LogP contribution in [-0.4, -0.2) is 5.97 Å². The molecule has 0 spiro atoms. The molecule has 1 aromatic rings. The van der Waals surface area contributed by atoms with E-state index in [0.29, 0.717) is 5.56 Å². The van der Waals surface area contributed by atoms with Crippen LogP contribution in [0.5, 0.6) is 5.75 Å². The van der Waals surface area contributed by atoms with Crippen molar-refractivity contribution in [3.63, 3.8) is 0 Å². The van der Waals surface area contributed by atoms with E-state index in [2.05, 4.69) is 4.74 Å². The highest BCUT2D eigenvalue weighted by molar-refractivity contribution is 5.69. The molecule has 64 valence electrons. The highest BCUT2D eigenvalue weighted by atomic mass is 19.1. The van der Waals surface area contributed by atoms with Gasteiger partial charge in [0.05, 0.1) is 0 Å². The van der Waals surface area contributed by atoms with Gasteiger partial charge in [0.15, 0.2) is 11.6 Å². The molecule has 0 heterocycles. The summed E-state index contributed by atoms with van der Waals surface area (Å²) in [4.78, 5) is 10.5. The van der Waals surface area contributed by atoms with Crippen molar-refractivity contribution in [2.45, 2.75) is 13.8 Å². The largest absolute Gasteiger partial charge is 0.423 e. The standard InChI is InChI=1S/C9H9FO2/c1-6-4-3-5-8(10)9(6)12-7(2)11/h3-5H,1-2H3. The van der Waals surface area contributed by atoms with Crippen molar-refractivity contribution in [3.05, 3.63) is 29.6 Å². The average Bonchev–Trinajstić information content (AvgIpc) is 1.97. The van der Waals surface area contributed by atoms with Gasteiger partial charge in [-0.15, -0.1) is 0 Å². The lowest BCUT2D eigenvalue weighted by Crippen LogP contribution is -2.04. The second-order valence-corrected chi connectivity index (χ2v) is 2.48. The number of halogens is 1. The number of ether oxygens (including phenoxy) is 1. The van der Waals surface area contributed by atoms with Gasteiger partial charge >= 0.3 is 5.97 Å². The fourth-order valence-electron chi connectivity index (χ4n) is 0.890. The Bertz CT molecular complexity index is 287. The number of benzene rings is 1. The van der Waals surface area contributed by atoms with Crippen LogP contribution in [0.4, 0.5) is 4.39 Å². The minimum Gasteiger partial charge on any atom is -0.423 e. The highest BCUT2D eigenvalue weighted by Crippen LogP contribution is 2.21. The van der Waals surface area contributed by atoms with Crippen LogP contribution in [0.3, 0.4) is 0 Å². The number of para-hydroxylation sites is 1. The fraction of sp³-hybridized carbons (Fsp3) is 0.222. The smallest absolute Gasteiger partial charge is 0.308 e. The van der Waals surface area contributed by atoms with Gasteiger partial charge in [-0.25, -0.2) is 4.39 Å². The maximum Gasteiger partial charge on any atom is 0.308 e. The van der Waals surface area contributed by atoms with Crippen LogP contribution in [0, 0.1) is 12.7 Å². The zero-order chi connectivity index (χ0) is 9.14. The Morgan fingerprint density at radius 2 is 2.17 bits per heavy atom. The lowest BCUT2D eigenvalue weighted by molar-refractivity contribution is -0.132. The number of rotatable bonds is 1. The van der Waals surface area contributed by atoms with E-state index in [-0.39, 0.29) is 5.75 Å². The van der Waals surface area contributed by atoms with E-state index in [4.69, 9.17) is 0 Å². The Balaban J connectivity index is 3.04. The number of carbonyl (C=O) groups excluding carboxylic acids is 1. The molecule has 1 rings (SSSR count). The summed E-state index contributed by atoms with van der Waals surface area (Å²) in [6.45, 7) is 2.92. The van der Waals surface area contributed by atoms with E-state index in [1.807, 2.05) is 0 Å². The summed E-state index contributed by atoms with van der Waals surface area (Å²) in [7, 11) is 0. The topological polar surface area (TPSA) is 26.3 Å². The molecule has 0 atom stereocenters. The van der Waals surface area contributed by atoms with Crippen molar-refractivity contribution in [3.8, 4) is 5.75 Å². The highest BCUT2D eigenvalue weighted by Gasteiger charge is 2.07. The van der Waals surface area contributed by atoms with Crippen LogP contribution < -0.4 is 4.74 Å². The lowest BCUT2D eigenvalue weighted by atomic mass is 10.2. The molecular weight excluding hydrogens is 159 g/mol. The number of hydrogen-bond acceptors (Lipinski definition) is 2. The van der Waals surface area contributed by atoms with E-state index in [9.17, 15) is 9.18 Å². The Hall–Kier alpha value is -1.38. The second-order valence-electron chi connectivity index (χ2n) is 2.48. The number of hydrogen-bond donors (Lipinski definition) is 0. The first kappa shape index (κ1) is 8.71. The van der Waals surface area contributed by atoms with Crippen molar-refractivity contribution in [1.29, 1.82) is 0 Å². The van der Waals surface area contributed by atoms with Gasteiger partial charge < -0.3 is 4.74 Å². The molecule has 0 aromatic heterocycles. The van der Waals surface area contributed by atoms with Gasteiger partial charge in [0.2, 0.25) is 0 Å². The minimum atomic E-state index is -0.511. The van der Waals surface area contributed by atoms with E-state index in [1.54, 1.807) is 19.1 Å². The molecule has 0 aliphatic heterocycles. The van der Waals surface area contributed by atoms with E-state index >= 15 is 0 Å². The second kappa shape index (κ2) is 3.34. The van der Waals surface area contributed by atoms with Gasteiger partial charge in [-0.3, -0.25) is 4.79 Å². The van der Waals surface area contributed by atoms with Gasteiger partial charge in [0, 0.05) is 6.92 Å². The third-order valence-electron chi connectivity index (χ3n) is 1.41. The quantitative estimate of drug-likeness (QED) is 0.474. The van der Waals surface area contributed by atoms with Crippen LogP contribution in [0.2, 0.25) is 0 Å². The number of esters is 1. The first-order chi connectivity index (χ1) is 5.61. The first-order valence-electron chi connectivity index (χ1n) is 3.55. The van der Waals surface area contributed by atoms with Crippen molar-refractivity contribution in [2.24, 2.45) is 0 Å². The van der Waals surface area contributed by atoms with Crippen molar-refractivity contribution in [2.75, 3.05) is 0 Å². The third kappa shape index (κ3) is 1.81. The van der Waals surface area contributed by atoms with Gasteiger partial charge in [0.25, 0.3) is 0 Å². The molecule has 0 saturated carbocycles. The Kier molecular flexibility index (Phi) is 2.43. The zero-order valence-corrected chi connectivity index (χ0v) is 6.93. The molecule has 1 aromatic carbocycles. The zero-order valence-electron chi connectivity index (χ0n) is 6.93. The van der Waals surface area contributed by atoms with Gasteiger partial charge in [-0.1, -0.05) is 12.1 Å². The Morgan fingerprint density at radius 3 is 2.67 bits per heavy atom. The molecule has 3 heteroatoms. The molecule has 0 N–H and O–H groups in total. The fourth-order valence-corrected chi connectivity index (χ4v) is 0.890. The summed E-state index contributed by atoms with van der Waals surface area (Å²) in [5.74, 6) is -1.00. The first-order valence-corrected chi connectivity index (χ1v) is 3.55. The van der Waals surface area contributed by atoms with Crippen molar-refractivity contribution < 1.29 is 13.9 Å². The van der Waals surface area contributed by atoms with E-state index in [0.717, 1.165) is 0 Å². The molecule has 0 amide bonds. The molecule has 0 fully saturated rings. The van der Waals surface area contributed by atoms with Crippen molar-refractivity contribution in [1.82, 2.24) is 0 Å². The van der Waals surface area contributed by atoms with E-state index in [1.165, 1.54) is 13.0 Å². The molecule has 0 aliphatic carbocycles. The van der Waals surface area contributed by atoms with Gasteiger partial charge in [0.1, 0.15) is 0 Å². The normalized spacial score (nSPS) is 9.58. The van der Waals surface area contributed by atoms with Crippen LogP contribution in [0.15, 0.2) is 18.2 Å². The molecule has 0 unspecified atom stereocenters. The summed E-state index contributed by atoms with van der Waals surface area (Å²) in [6.07, 6.45) is 0.